The van der Waals surface area contributed by atoms with E-state index in [-0.39, 0.29) is 5.91 Å². The summed E-state index contributed by atoms with van der Waals surface area (Å²) in [4.78, 5) is 13.3. The lowest BCUT2D eigenvalue weighted by Gasteiger charge is -2.31. The number of rotatable bonds is 2. The molecular formula is C10H18N2O. The summed E-state index contributed by atoms with van der Waals surface area (Å²) in [6.45, 7) is 3.64. The standard InChI is InChI=1S/C10H18N2O/c1-3-4-10(13)12-7-5-9(11-2)6-8-12/h3-4,9,11H,5-8H2,1-2H3/b4-3+. The predicted octanol–water partition coefficient (Wildman–Crippen LogP) is 0.773. The number of hydrogen-bond acceptors (Lipinski definition) is 2. The summed E-state index contributed by atoms with van der Waals surface area (Å²) < 4.78 is 0. The lowest BCUT2D eigenvalue weighted by Crippen LogP contribution is -2.43. The van der Waals surface area contributed by atoms with Gasteiger partial charge in [0.2, 0.25) is 5.91 Å². The van der Waals surface area contributed by atoms with Crippen LogP contribution in [0.25, 0.3) is 0 Å². The van der Waals surface area contributed by atoms with Gasteiger partial charge in [0, 0.05) is 19.1 Å². The van der Waals surface area contributed by atoms with Crippen LogP contribution >= 0.6 is 0 Å². The molecule has 74 valence electrons. The fourth-order valence-electron chi connectivity index (χ4n) is 1.64. The Morgan fingerprint density at radius 3 is 2.54 bits per heavy atom. The maximum Gasteiger partial charge on any atom is 0.246 e. The highest BCUT2D eigenvalue weighted by Gasteiger charge is 2.19. The van der Waals surface area contributed by atoms with Crippen molar-refractivity contribution in [3.05, 3.63) is 12.2 Å². The fraction of sp³-hybridized carbons (Fsp3) is 0.700. The Morgan fingerprint density at radius 1 is 1.46 bits per heavy atom. The Morgan fingerprint density at radius 2 is 2.08 bits per heavy atom. The molecule has 0 radical (unpaired) electrons. The van der Waals surface area contributed by atoms with Crippen LogP contribution in [0.4, 0.5) is 0 Å². The molecule has 1 aliphatic heterocycles. The van der Waals surface area contributed by atoms with Crippen molar-refractivity contribution in [2.45, 2.75) is 25.8 Å². The van der Waals surface area contributed by atoms with Crippen LogP contribution in [0.1, 0.15) is 19.8 Å². The van der Waals surface area contributed by atoms with Crippen LogP contribution in [0.2, 0.25) is 0 Å². The third-order valence-corrected chi connectivity index (χ3v) is 2.52. The van der Waals surface area contributed by atoms with E-state index in [1.54, 1.807) is 12.2 Å². The highest BCUT2D eigenvalue weighted by Crippen LogP contribution is 2.09. The SMILES string of the molecule is C/C=C/C(=O)N1CCC(NC)CC1. The van der Waals surface area contributed by atoms with Gasteiger partial charge in [0.1, 0.15) is 0 Å². The summed E-state index contributed by atoms with van der Waals surface area (Å²) in [5.74, 6) is 0.150. The highest BCUT2D eigenvalue weighted by molar-refractivity contribution is 5.87. The van der Waals surface area contributed by atoms with Crippen LogP contribution in [-0.4, -0.2) is 37.0 Å². The molecule has 3 nitrogen and oxygen atoms in total. The molecule has 0 bridgehead atoms. The predicted molar refractivity (Wildman–Crippen MR) is 53.5 cm³/mol. The van der Waals surface area contributed by atoms with Gasteiger partial charge in [0.15, 0.2) is 0 Å². The van der Waals surface area contributed by atoms with Crippen molar-refractivity contribution >= 4 is 5.91 Å². The van der Waals surface area contributed by atoms with E-state index in [2.05, 4.69) is 5.32 Å². The second-order valence-corrected chi connectivity index (χ2v) is 3.39. The summed E-state index contributed by atoms with van der Waals surface area (Å²) >= 11 is 0. The Labute approximate surface area is 79.8 Å². The maximum atomic E-state index is 11.4. The van der Waals surface area contributed by atoms with E-state index in [0.29, 0.717) is 6.04 Å². The second-order valence-electron chi connectivity index (χ2n) is 3.39. The van der Waals surface area contributed by atoms with Crippen molar-refractivity contribution in [2.24, 2.45) is 0 Å². The normalized spacial score (nSPS) is 19.7. The van der Waals surface area contributed by atoms with Gasteiger partial charge in [-0.25, -0.2) is 0 Å². The van der Waals surface area contributed by atoms with E-state index in [4.69, 9.17) is 0 Å². The number of allylic oxidation sites excluding steroid dienone is 1. The van der Waals surface area contributed by atoms with Gasteiger partial charge < -0.3 is 10.2 Å². The number of piperidine rings is 1. The molecule has 0 atom stereocenters. The average molecular weight is 182 g/mol. The quantitative estimate of drug-likeness (QED) is 0.640. The molecule has 1 aliphatic rings. The molecule has 0 aliphatic carbocycles. The van der Waals surface area contributed by atoms with E-state index in [1.807, 2.05) is 18.9 Å². The zero-order valence-corrected chi connectivity index (χ0v) is 8.42. The monoisotopic (exact) mass is 182 g/mol. The van der Waals surface area contributed by atoms with Crippen molar-refractivity contribution in [1.29, 1.82) is 0 Å². The third kappa shape index (κ3) is 2.84. The molecule has 0 aromatic rings. The summed E-state index contributed by atoms with van der Waals surface area (Å²) in [5.41, 5.74) is 0. The summed E-state index contributed by atoms with van der Waals surface area (Å²) in [7, 11) is 1.98. The number of nitrogens with zero attached hydrogens (tertiary/aromatic N) is 1. The molecule has 1 saturated heterocycles. The molecule has 1 amide bonds. The molecular weight excluding hydrogens is 164 g/mol. The van der Waals surface area contributed by atoms with Gasteiger partial charge >= 0.3 is 0 Å². The summed E-state index contributed by atoms with van der Waals surface area (Å²) in [5, 5.41) is 3.24. The molecule has 0 aromatic heterocycles. The molecule has 13 heavy (non-hydrogen) atoms. The van der Waals surface area contributed by atoms with Crippen LogP contribution < -0.4 is 5.32 Å². The number of nitrogens with one attached hydrogen (secondary N) is 1. The van der Waals surface area contributed by atoms with Crippen LogP contribution in [-0.2, 0) is 4.79 Å². The van der Waals surface area contributed by atoms with Gasteiger partial charge in [-0.05, 0) is 32.9 Å². The van der Waals surface area contributed by atoms with Crippen molar-refractivity contribution in [2.75, 3.05) is 20.1 Å². The van der Waals surface area contributed by atoms with E-state index in [9.17, 15) is 4.79 Å². The van der Waals surface area contributed by atoms with E-state index >= 15 is 0 Å². The van der Waals surface area contributed by atoms with Gasteiger partial charge in [-0.1, -0.05) is 6.08 Å². The molecule has 3 heteroatoms. The molecule has 0 aromatic carbocycles. The fourth-order valence-corrected chi connectivity index (χ4v) is 1.64. The Balaban J connectivity index is 2.36. The van der Waals surface area contributed by atoms with E-state index in [0.717, 1.165) is 25.9 Å². The lowest BCUT2D eigenvalue weighted by atomic mass is 10.1. The number of hydrogen-bond donors (Lipinski definition) is 1. The molecule has 0 unspecified atom stereocenters. The molecule has 1 rings (SSSR count). The number of amides is 1. The van der Waals surface area contributed by atoms with Gasteiger partial charge in [-0.3, -0.25) is 4.79 Å². The topological polar surface area (TPSA) is 32.3 Å². The zero-order chi connectivity index (χ0) is 9.68. The Kier molecular flexibility index (Phi) is 3.96. The first-order valence-electron chi connectivity index (χ1n) is 4.86. The van der Waals surface area contributed by atoms with Crippen molar-refractivity contribution in [1.82, 2.24) is 10.2 Å². The van der Waals surface area contributed by atoms with E-state index < -0.39 is 0 Å². The molecule has 0 saturated carbocycles. The number of carbonyl (C=O) groups excluding carboxylic acids is 1. The molecule has 1 fully saturated rings. The van der Waals surface area contributed by atoms with Gasteiger partial charge in [-0.2, -0.15) is 0 Å². The Hall–Kier alpha value is -0.830. The molecule has 1 N–H and O–H groups in total. The van der Waals surface area contributed by atoms with Crippen molar-refractivity contribution < 1.29 is 4.79 Å². The highest BCUT2D eigenvalue weighted by atomic mass is 16.2. The third-order valence-electron chi connectivity index (χ3n) is 2.52. The average Bonchev–Trinajstić information content (AvgIpc) is 2.18. The van der Waals surface area contributed by atoms with Crippen LogP contribution in [0, 0.1) is 0 Å². The smallest absolute Gasteiger partial charge is 0.246 e. The molecule has 1 heterocycles. The zero-order valence-electron chi connectivity index (χ0n) is 8.42. The van der Waals surface area contributed by atoms with E-state index in [1.165, 1.54) is 0 Å². The second kappa shape index (κ2) is 5.02. The first-order chi connectivity index (χ1) is 6.27. The molecule has 0 spiro atoms. The van der Waals surface area contributed by atoms with Crippen molar-refractivity contribution in [3.63, 3.8) is 0 Å². The minimum absolute atomic E-state index is 0.150. The summed E-state index contributed by atoms with van der Waals surface area (Å²) in [6, 6.07) is 0.592. The van der Waals surface area contributed by atoms with Crippen molar-refractivity contribution in [3.8, 4) is 0 Å². The Bertz CT molecular complexity index is 193. The first-order valence-corrected chi connectivity index (χ1v) is 4.86. The first kappa shape index (κ1) is 10.3. The van der Waals surface area contributed by atoms with Crippen LogP contribution in [0.3, 0.4) is 0 Å². The number of carbonyl (C=O) groups is 1. The largest absolute Gasteiger partial charge is 0.339 e. The number of likely N-dealkylation sites (tertiary alicyclic amines) is 1. The minimum Gasteiger partial charge on any atom is -0.339 e. The van der Waals surface area contributed by atoms with Crippen LogP contribution in [0.5, 0.6) is 0 Å². The van der Waals surface area contributed by atoms with Gasteiger partial charge in [0.05, 0.1) is 0 Å². The summed E-state index contributed by atoms with van der Waals surface area (Å²) in [6.07, 6.45) is 5.58. The van der Waals surface area contributed by atoms with Gasteiger partial charge in [-0.15, -0.1) is 0 Å². The maximum absolute atomic E-state index is 11.4. The van der Waals surface area contributed by atoms with Gasteiger partial charge in [0.25, 0.3) is 0 Å². The minimum atomic E-state index is 0.150. The van der Waals surface area contributed by atoms with Crippen LogP contribution in [0.15, 0.2) is 12.2 Å². The lowest BCUT2D eigenvalue weighted by molar-refractivity contribution is -0.127.